The highest BCUT2D eigenvalue weighted by molar-refractivity contribution is 7.91. The molecular weight excluding hydrogens is 392 g/mol. The van der Waals surface area contributed by atoms with E-state index in [0.29, 0.717) is 50.6 Å². The van der Waals surface area contributed by atoms with E-state index in [9.17, 15) is 8.42 Å². The molecule has 2 saturated heterocycles. The molecule has 2 N–H and O–H groups in total. The fraction of sp³-hybridized carbons (Fsp3) is 0.526. The number of benzene rings is 1. The smallest absolute Gasteiger partial charge is 0.233 e. The molecule has 0 bridgehead atoms. The zero-order chi connectivity index (χ0) is 20.4. The van der Waals surface area contributed by atoms with E-state index < -0.39 is 9.84 Å². The van der Waals surface area contributed by atoms with Crippen LogP contribution in [-0.4, -0.2) is 67.2 Å². The average Bonchev–Trinajstić information content (AvgIpc) is 3.03. The molecule has 29 heavy (non-hydrogen) atoms. The monoisotopic (exact) mass is 418 g/mol. The van der Waals surface area contributed by atoms with Crippen molar-refractivity contribution in [2.75, 3.05) is 53.3 Å². The molecule has 2 fully saturated rings. The van der Waals surface area contributed by atoms with Crippen molar-refractivity contribution in [1.82, 2.24) is 15.0 Å². The first-order valence-corrected chi connectivity index (χ1v) is 11.6. The van der Waals surface area contributed by atoms with Gasteiger partial charge in [-0.1, -0.05) is 6.07 Å². The van der Waals surface area contributed by atoms with Gasteiger partial charge in [0.2, 0.25) is 17.8 Å². The van der Waals surface area contributed by atoms with E-state index in [4.69, 9.17) is 4.74 Å². The van der Waals surface area contributed by atoms with Gasteiger partial charge in [-0.3, -0.25) is 0 Å². The van der Waals surface area contributed by atoms with Crippen molar-refractivity contribution in [3.8, 4) is 0 Å². The van der Waals surface area contributed by atoms with Crippen LogP contribution in [0.2, 0.25) is 0 Å². The number of hydrogen-bond acceptors (Lipinski definition) is 9. The zero-order valence-electron chi connectivity index (χ0n) is 16.7. The Balaban J connectivity index is 1.61. The number of nitrogens with zero attached hydrogens (tertiary/aromatic N) is 4. The van der Waals surface area contributed by atoms with E-state index in [1.165, 1.54) is 11.1 Å². The molecule has 2 aliphatic heterocycles. The number of hydrogen-bond donors (Lipinski definition) is 2. The quantitative estimate of drug-likeness (QED) is 0.749. The van der Waals surface area contributed by atoms with Crippen molar-refractivity contribution in [2.45, 2.75) is 26.3 Å². The van der Waals surface area contributed by atoms with Crippen LogP contribution in [0.1, 0.15) is 17.5 Å². The maximum atomic E-state index is 11.8. The predicted octanol–water partition coefficient (Wildman–Crippen LogP) is 1.67. The van der Waals surface area contributed by atoms with Crippen molar-refractivity contribution in [3.05, 3.63) is 29.3 Å². The summed E-state index contributed by atoms with van der Waals surface area (Å²) in [4.78, 5) is 15.7. The molecule has 156 valence electrons. The van der Waals surface area contributed by atoms with E-state index in [-0.39, 0.29) is 17.5 Å². The van der Waals surface area contributed by atoms with Crippen LogP contribution in [0, 0.1) is 13.8 Å². The van der Waals surface area contributed by atoms with Crippen molar-refractivity contribution in [3.63, 3.8) is 0 Å². The summed E-state index contributed by atoms with van der Waals surface area (Å²) < 4.78 is 29.0. The van der Waals surface area contributed by atoms with E-state index in [1.54, 1.807) is 0 Å². The van der Waals surface area contributed by atoms with Crippen LogP contribution in [0.25, 0.3) is 0 Å². The maximum Gasteiger partial charge on any atom is 0.233 e. The topological polar surface area (TPSA) is 109 Å². The normalized spacial score (nSPS) is 21.2. The molecule has 1 atom stereocenters. The number of rotatable bonds is 5. The van der Waals surface area contributed by atoms with Crippen molar-refractivity contribution in [1.29, 1.82) is 0 Å². The third kappa shape index (κ3) is 4.94. The summed E-state index contributed by atoms with van der Waals surface area (Å²) in [5.74, 6) is 1.66. The van der Waals surface area contributed by atoms with Crippen LogP contribution in [0.3, 0.4) is 0 Å². The zero-order valence-corrected chi connectivity index (χ0v) is 17.5. The Morgan fingerprint density at radius 3 is 2.52 bits per heavy atom. The van der Waals surface area contributed by atoms with Gasteiger partial charge in [0.1, 0.15) is 0 Å². The first kappa shape index (κ1) is 19.8. The minimum atomic E-state index is -2.99. The summed E-state index contributed by atoms with van der Waals surface area (Å²) in [5, 5.41) is 6.44. The Morgan fingerprint density at radius 1 is 1.07 bits per heavy atom. The van der Waals surface area contributed by atoms with Gasteiger partial charge in [-0.25, -0.2) is 8.42 Å². The number of sulfone groups is 1. The Labute approximate surface area is 170 Å². The SMILES string of the molecule is Cc1ccc(Nc2nc(NC3CCS(=O)(=O)C3)nc(N3CCOCC3)n2)cc1C. The second-order valence-electron chi connectivity index (χ2n) is 7.55. The Hall–Kier alpha value is -2.46. The lowest BCUT2D eigenvalue weighted by Crippen LogP contribution is -2.37. The number of morpholine rings is 1. The minimum Gasteiger partial charge on any atom is -0.378 e. The fourth-order valence-electron chi connectivity index (χ4n) is 3.43. The largest absolute Gasteiger partial charge is 0.378 e. The molecule has 1 unspecified atom stereocenters. The van der Waals surface area contributed by atoms with Gasteiger partial charge in [0.25, 0.3) is 0 Å². The molecule has 0 saturated carbocycles. The Kier molecular flexibility index (Phi) is 5.55. The average molecular weight is 419 g/mol. The Morgan fingerprint density at radius 2 is 1.83 bits per heavy atom. The van der Waals surface area contributed by atoms with Crippen molar-refractivity contribution in [2.24, 2.45) is 0 Å². The van der Waals surface area contributed by atoms with Crippen LogP contribution < -0.4 is 15.5 Å². The number of anilines is 4. The molecule has 4 rings (SSSR count). The molecule has 0 radical (unpaired) electrons. The molecule has 10 heteroatoms. The fourth-order valence-corrected chi connectivity index (χ4v) is 5.10. The molecule has 0 aliphatic carbocycles. The Bertz CT molecular complexity index is 991. The molecule has 2 aliphatic rings. The highest BCUT2D eigenvalue weighted by atomic mass is 32.2. The van der Waals surface area contributed by atoms with Crippen LogP contribution in [0.5, 0.6) is 0 Å². The number of aryl methyl sites for hydroxylation is 2. The van der Waals surface area contributed by atoms with E-state index in [2.05, 4.69) is 39.4 Å². The summed E-state index contributed by atoms with van der Waals surface area (Å²) in [6, 6.07) is 5.89. The third-order valence-corrected chi connectivity index (χ3v) is 7.01. The molecule has 3 heterocycles. The van der Waals surface area contributed by atoms with E-state index in [0.717, 1.165) is 5.69 Å². The second kappa shape index (κ2) is 8.11. The molecule has 1 aromatic carbocycles. The summed E-state index contributed by atoms with van der Waals surface area (Å²) in [7, 11) is -2.99. The summed E-state index contributed by atoms with van der Waals surface area (Å²) in [6.45, 7) is 6.76. The highest BCUT2D eigenvalue weighted by Gasteiger charge is 2.29. The highest BCUT2D eigenvalue weighted by Crippen LogP contribution is 2.22. The van der Waals surface area contributed by atoms with Gasteiger partial charge in [0.15, 0.2) is 9.84 Å². The maximum absolute atomic E-state index is 11.8. The van der Waals surface area contributed by atoms with Gasteiger partial charge < -0.3 is 20.3 Å². The molecule has 0 spiro atoms. The van der Waals surface area contributed by atoms with Crippen LogP contribution in [-0.2, 0) is 14.6 Å². The number of ether oxygens (including phenoxy) is 1. The summed E-state index contributed by atoms with van der Waals surface area (Å²) in [6.07, 6.45) is 0.556. The minimum absolute atomic E-state index is 0.103. The first-order chi connectivity index (χ1) is 13.9. The number of aromatic nitrogens is 3. The van der Waals surface area contributed by atoms with Gasteiger partial charge in [-0.05, 0) is 43.5 Å². The lowest BCUT2D eigenvalue weighted by Gasteiger charge is -2.27. The molecular formula is C19H26N6O3S. The van der Waals surface area contributed by atoms with Crippen LogP contribution in [0.15, 0.2) is 18.2 Å². The van der Waals surface area contributed by atoms with Crippen molar-refractivity contribution >= 4 is 33.4 Å². The van der Waals surface area contributed by atoms with E-state index >= 15 is 0 Å². The number of nitrogens with one attached hydrogen (secondary N) is 2. The molecule has 9 nitrogen and oxygen atoms in total. The summed E-state index contributed by atoms with van der Waals surface area (Å²) in [5.41, 5.74) is 3.28. The third-order valence-electron chi connectivity index (χ3n) is 5.25. The van der Waals surface area contributed by atoms with Gasteiger partial charge in [-0.15, -0.1) is 0 Å². The van der Waals surface area contributed by atoms with E-state index in [1.807, 2.05) is 23.1 Å². The first-order valence-electron chi connectivity index (χ1n) is 9.78. The second-order valence-corrected chi connectivity index (χ2v) is 9.78. The van der Waals surface area contributed by atoms with Gasteiger partial charge in [0, 0.05) is 24.8 Å². The molecule has 1 aromatic heterocycles. The van der Waals surface area contributed by atoms with Gasteiger partial charge in [0.05, 0.1) is 24.7 Å². The standard InChI is InChI=1S/C19H26N6O3S/c1-13-3-4-15(11-14(13)2)20-17-22-18(21-16-5-10-29(26,27)12-16)24-19(23-17)25-6-8-28-9-7-25/h3-4,11,16H,5-10,12H2,1-2H3,(H2,20,21,22,23,24). The lowest BCUT2D eigenvalue weighted by atomic mass is 10.1. The predicted molar refractivity (Wildman–Crippen MR) is 113 cm³/mol. The molecule has 0 amide bonds. The van der Waals surface area contributed by atoms with Gasteiger partial charge in [-0.2, -0.15) is 15.0 Å². The lowest BCUT2D eigenvalue weighted by molar-refractivity contribution is 0.122. The van der Waals surface area contributed by atoms with Crippen LogP contribution >= 0.6 is 0 Å². The summed E-state index contributed by atoms with van der Waals surface area (Å²) >= 11 is 0. The molecule has 2 aromatic rings. The van der Waals surface area contributed by atoms with Crippen molar-refractivity contribution < 1.29 is 13.2 Å². The van der Waals surface area contributed by atoms with Gasteiger partial charge >= 0.3 is 0 Å². The van der Waals surface area contributed by atoms with Crippen LogP contribution in [0.4, 0.5) is 23.5 Å².